The van der Waals surface area contributed by atoms with Crippen LogP contribution in [0.25, 0.3) is 0 Å². The summed E-state index contributed by atoms with van der Waals surface area (Å²) in [6.07, 6.45) is 1.59. The number of nitrogens with zero attached hydrogens (tertiary/aromatic N) is 2. The molecule has 0 aliphatic carbocycles. The Morgan fingerprint density at radius 3 is 2.40 bits per heavy atom. The van der Waals surface area contributed by atoms with Crippen molar-refractivity contribution in [2.24, 2.45) is 10.2 Å². The zero-order valence-corrected chi connectivity index (χ0v) is 6.96. The summed E-state index contributed by atoms with van der Waals surface area (Å²) < 4.78 is 0. The van der Waals surface area contributed by atoms with E-state index >= 15 is 0 Å². The minimum atomic E-state index is -0.949. The van der Waals surface area contributed by atoms with E-state index in [1.165, 1.54) is 0 Å². The van der Waals surface area contributed by atoms with E-state index < -0.39 is 5.72 Å². The second kappa shape index (κ2) is 4.39. The van der Waals surface area contributed by atoms with Gasteiger partial charge in [0.25, 0.3) is 0 Å². The molecule has 0 saturated carbocycles. The smallest absolute Gasteiger partial charge is 0.172 e. The molecule has 10 heavy (non-hydrogen) atoms. The van der Waals surface area contributed by atoms with Gasteiger partial charge in [0.2, 0.25) is 0 Å². The first kappa shape index (κ1) is 9.56. The van der Waals surface area contributed by atoms with Crippen LogP contribution in [0, 0.1) is 0 Å². The van der Waals surface area contributed by atoms with Crippen LogP contribution >= 0.6 is 0 Å². The highest BCUT2D eigenvalue weighted by atomic mass is 16.3. The van der Waals surface area contributed by atoms with E-state index in [1.807, 2.05) is 13.8 Å². The highest BCUT2D eigenvalue weighted by molar-refractivity contribution is 4.62. The standard InChI is InChI=1S/C7H16N2O/c1-4-6-8-9-7(3,10)5-2/h10H,4-6H2,1-3H3/b9-8+. The summed E-state index contributed by atoms with van der Waals surface area (Å²) in [5, 5.41) is 16.8. The van der Waals surface area contributed by atoms with Gasteiger partial charge < -0.3 is 5.11 Å². The van der Waals surface area contributed by atoms with Gasteiger partial charge in [0.1, 0.15) is 0 Å². The van der Waals surface area contributed by atoms with Crippen LogP contribution in [0.4, 0.5) is 0 Å². The maximum absolute atomic E-state index is 9.29. The third-order valence-electron chi connectivity index (χ3n) is 1.28. The SMILES string of the molecule is CCC/N=N/C(C)(O)CC. The molecular weight excluding hydrogens is 128 g/mol. The van der Waals surface area contributed by atoms with Crippen molar-refractivity contribution >= 4 is 0 Å². The molecular formula is C7H16N2O. The van der Waals surface area contributed by atoms with Gasteiger partial charge in [0, 0.05) is 0 Å². The van der Waals surface area contributed by atoms with Crippen molar-refractivity contribution in [3.63, 3.8) is 0 Å². The van der Waals surface area contributed by atoms with Crippen molar-refractivity contribution in [3.8, 4) is 0 Å². The van der Waals surface area contributed by atoms with Crippen LogP contribution in [0.2, 0.25) is 0 Å². The Hall–Kier alpha value is -0.440. The van der Waals surface area contributed by atoms with Gasteiger partial charge in [-0.15, -0.1) is 0 Å². The molecule has 0 spiro atoms. The maximum atomic E-state index is 9.29. The van der Waals surface area contributed by atoms with Crippen molar-refractivity contribution < 1.29 is 5.11 Å². The van der Waals surface area contributed by atoms with Gasteiger partial charge in [-0.2, -0.15) is 10.2 Å². The number of hydrogen-bond donors (Lipinski definition) is 1. The quantitative estimate of drug-likeness (QED) is 0.602. The predicted molar refractivity (Wildman–Crippen MR) is 40.9 cm³/mol. The number of hydrogen-bond acceptors (Lipinski definition) is 3. The molecule has 3 nitrogen and oxygen atoms in total. The summed E-state index contributed by atoms with van der Waals surface area (Å²) in [7, 11) is 0. The number of azo groups is 1. The molecule has 60 valence electrons. The van der Waals surface area contributed by atoms with Gasteiger partial charge in [0.05, 0.1) is 6.54 Å². The summed E-state index contributed by atoms with van der Waals surface area (Å²) in [6.45, 7) is 6.27. The molecule has 0 bridgehead atoms. The van der Waals surface area contributed by atoms with E-state index in [9.17, 15) is 5.11 Å². The highest BCUT2D eigenvalue weighted by Crippen LogP contribution is 2.09. The fraction of sp³-hybridized carbons (Fsp3) is 1.00. The van der Waals surface area contributed by atoms with E-state index in [4.69, 9.17) is 0 Å². The Kier molecular flexibility index (Phi) is 4.19. The Labute approximate surface area is 62.2 Å². The number of rotatable bonds is 4. The third kappa shape index (κ3) is 4.44. The monoisotopic (exact) mass is 144 g/mol. The highest BCUT2D eigenvalue weighted by Gasteiger charge is 2.14. The van der Waals surface area contributed by atoms with Gasteiger partial charge in [-0.05, 0) is 19.8 Å². The van der Waals surface area contributed by atoms with Gasteiger partial charge in [-0.1, -0.05) is 13.8 Å². The maximum Gasteiger partial charge on any atom is 0.172 e. The fourth-order valence-electron chi connectivity index (χ4n) is 0.373. The molecule has 3 heteroatoms. The summed E-state index contributed by atoms with van der Waals surface area (Å²) >= 11 is 0. The Morgan fingerprint density at radius 2 is 2.00 bits per heavy atom. The molecule has 0 fully saturated rings. The summed E-state index contributed by atoms with van der Waals surface area (Å²) in [6, 6.07) is 0. The minimum Gasteiger partial charge on any atom is -0.368 e. The molecule has 0 amide bonds. The van der Waals surface area contributed by atoms with Crippen molar-refractivity contribution in [2.45, 2.75) is 39.3 Å². The fourth-order valence-corrected chi connectivity index (χ4v) is 0.373. The van der Waals surface area contributed by atoms with Crippen LogP contribution in [0.3, 0.4) is 0 Å². The molecule has 0 radical (unpaired) electrons. The summed E-state index contributed by atoms with van der Waals surface area (Å²) in [5.41, 5.74) is -0.949. The molecule has 0 rings (SSSR count). The molecule has 1 N–H and O–H groups in total. The van der Waals surface area contributed by atoms with Crippen molar-refractivity contribution in [1.82, 2.24) is 0 Å². The molecule has 0 aromatic carbocycles. The summed E-state index contributed by atoms with van der Waals surface area (Å²) in [5.74, 6) is 0. The van der Waals surface area contributed by atoms with Crippen molar-refractivity contribution in [1.29, 1.82) is 0 Å². The van der Waals surface area contributed by atoms with Crippen LogP contribution in [0.1, 0.15) is 33.6 Å². The first-order valence-electron chi connectivity index (χ1n) is 3.73. The van der Waals surface area contributed by atoms with E-state index in [2.05, 4.69) is 10.2 Å². The third-order valence-corrected chi connectivity index (χ3v) is 1.28. The Bertz CT molecular complexity index is 110. The zero-order valence-electron chi connectivity index (χ0n) is 6.96. The predicted octanol–water partition coefficient (Wildman–Crippen LogP) is 1.97. The lowest BCUT2D eigenvalue weighted by atomic mass is 10.2. The first-order chi connectivity index (χ1) is 4.62. The molecule has 0 aromatic heterocycles. The van der Waals surface area contributed by atoms with Crippen LogP contribution in [0.15, 0.2) is 10.2 Å². The van der Waals surface area contributed by atoms with Gasteiger partial charge >= 0.3 is 0 Å². The molecule has 0 aliphatic rings. The van der Waals surface area contributed by atoms with Crippen molar-refractivity contribution in [3.05, 3.63) is 0 Å². The zero-order chi connectivity index (χ0) is 8.04. The second-order valence-corrected chi connectivity index (χ2v) is 2.54. The molecule has 0 heterocycles. The first-order valence-corrected chi connectivity index (χ1v) is 3.73. The second-order valence-electron chi connectivity index (χ2n) is 2.54. The Morgan fingerprint density at radius 1 is 1.40 bits per heavy atom. The van der Waals surface area contributed by atoms with Crippen molar-refractivity contribution in [2.75, 3.05) is 6.54 Å². The lowest BCUT2D eigenvalue weighted by Crippen LogP contribution is -2.18. The van der Waals surface area contributed by atoms with E-state index in [0.29, 0.717) is 13.0 Å². The van der Waals surface area contributed by atoms with Gasteiger partial charge in [-0.25, -0.2) is 0 Å². The van der Waals surface area contributed by atoms with E-state index in [-0.39, 0.29) is 0 Å². The van der Waals surface area contributed by atoms with E-state index in [0.717, 1.165) is 6.42 Å². The topological polar surface area (TPSA) is 45.0 Å². The van der Waals surface area contributed by atoms with Crippen LogP contribution in [-0.4, -0.2) is 17.4 Å². The van der Waals surface area contributed by atoms with E-state index in [1.54, 1.807) is 6.92 Å². The number of aliphatic hydroxyl groups is 1. The molecule has 1 unspecified atom stereocenters. The largest absolute Gasteiger partial charge is 0.368 e. The van der Waals surface area contributed by atoms with Crippen LogP contribution in [-0.2, 0) is 0 Å². The van der Waals surface area contributed by atoms with Gasteiger partial charge in [0.15, 0.2) is 5.72 Å². The Balaban J connectivity index is 3.63. The summed E-state index contributed by atoms with van der Waals surface area (Å²) in [4.78, 5) is 0. The van der Waals surface area contributed by atoms with Crippen LogP contribution < -0.4 is 0 Å². The normalized spacial score (nSPS) is 17.6. The minimum absolute atomic E-state index is 0.611. The van der Waals surface area contributed by atoms with Crippen LogP contribution in [0.5, 0.6) is 0 Å². The molecule has 0 aliphatic heterocycles. The lowest BCUT2D eigenvalue weighted by molar-refractivity contribution is 0.0571. The lowest BCUT2D eigenvalue weighted by Gasteiger charge is -2.12. The molecule has 0 saturated heterocycles. The van der Waals surface area contributed by atoms with Gasteiger partial charge in [-0.3, -0.25) is 0 Å². The molecule has 1 atom stereocenters. The molecule has 0 aromatic rings. The average molecular weight is 144 g/mol. The average Bonchev–Trinajstić information content (AvgIpc) is 1.89.